The maximum Gasteiger partial charge on any atom is 0.258 e. The summed E-state index contributed by atoms with van der Waals surface area (Å²) in [5.74, 6) is 0.901. The van der Waals surface area contributed by atoms with Gasteiger partial charge in [-0.2, -0.15) is 0 Å². The molecular formula is C24H25FN4O2S. The van der Waals surface area contributed by atoms with Crippen molar-refractivity contribution in [2.24, 2.45) is 5.92 Å². The first-order valence-corrected chi connectivity index (χ1v) is 11.7. The number of hydrogen-bond acceptors (Lipinski definition) is 5. The first-order chi connectivity index (χ1) is 15.7. The standard InChI is InChI=1S/C24H25FN4O2S/c25-18-4-6-20(7-5-18)31-13-12-28-10-8-17(9-11-28)15-27-24(30)21-14-19-16-26-22-2-1-3-23(32-21)29(19)22/h1-7,14,16-17H,8-13,15H2,(H,27,30). The second-order valence-corrected chi connectivity index (χ2v) is 9.21. The molecule has 0 radical (unpaired) electrons. The van der Waals surface area contributed by atoms with E-state index in [0.29, 0.717) is 29.7 Å². The molecule has 5 rings (SSSR count). The van der Waals surface area contributed by atoms with Gasteiger partial charge in [-0.1, -0.05) is 17.8 Å². The third-order valence-corrected chi connectivity index (χ3v) is 7.04. The van der Waals surface area contributed by atoms with Crippen LogP contribution in [-0.4, -0.2) is 53.0 Å². The van der Waals surface area contributed by atoms with Crippen molar-refractivity contribution in [3.05, 3.63) is 65.1 Å². The Morgan fingerprint density at radius 2 is 2.00 bits per heavy atom. The van der Waals surface area contributed by atoms with Crippen LogP contribution >= 0.6 is 11.8 Å². The lowest BCUT2D eigenvalue weighted by atomic mass is 9.97. The number of carbonyl (C=O) groups is 1. The highest BCUT2D eigenvalue weighted by molar-refractivity contribution is 8.04. The zero-order valence-electron chi connectivity index (χ0n) is 17.7. The van der Waals surface area contributed by atoms with E-state index in [4.69, 9.17) is 4.74 Å². The summed E-state index contributed by atoms with van der Waals surface area (Å²) in [6.07, 6.45) is 5.82. The molecule has 3 aromatic rings. The highest BCUT2D eigenvalue weighted by Crippen LogP contribution is 2.34. The largest absolute Gasteiger partial charge is 0.492 e. The molecule has 8 heteroatoms. The van der Waals surface area contributed by atoms with Gasteiger partial charge in [0.2, 0.25) is 0 Å². The van der Waals surface area contributed by atoms with E-state index in [1.54, 1.807) is 18.3 Å². The molecule has 4 heterocycles. The Bertz CT molecular complexity index is 1140. The van der Waals surface area contributed by atoms with E-state index in [1.165, 1.54) is 23.9 Å². The van der Waals surface area contributed by atoms with Gasteiger partial charge < -0.3 is 10.1 Å². The Labute approximate surface area is 190 Å². The van der Waals surface area contributed by atoms with Crippen LogP contribution in [0.1, 0.15) is 18.5 Å². The zero-order chi connectivity index (χ0) is 21.9. The average molecular weight is 453 g/mol. The topological polar surface area (TPSA) is 58.9 Å². The highest BCUT2D eigenvalue weighted by atomic mass is 32.2. The van der Waals surface area contributed by atoms with Crippen molar-refractivity contribution in [2.75, 3.05) is 32.8 Å². The fourth-order valence-corrected chi connectivity index (χ4v) is 5.17. The summed E-state index contributed by atoms with van der Waals surface area (Å²) in [5, 5.41) is 4.14. The Kier molecular flexibility index (Phi) is 6.14. The minimum absolute atomic E-state index is 0.0189. The molecule has 1 saturated heterocycles. The van der Waals surface area contributed by atoms with Crippen molar-refractivity contribution in [1.82, 2.24) is 19.6 Å². The molecule has 2 aromatic heterocycles. The second-order valence-electron chi connectivity index (χ2n) is 8.15. The SMILES string of the molecule is O=C(NCC1CCN(CCOc2ccc(F)cc2)CC1)C1=Cc2cnc3cccc(n23)S1. The number of nitrogens with zero attached hydrogens (tertiary/aromatic N) is 3. The molecule has 0 aliphatic carbocycles. The van der Waals surface area contributed by atoms with E-state index in [0.717, 1.165) is 48.8 Å². The number of amides is 1. The van der Waals surface area contributed by atoms with E-state index in [1.807, 2.05) is 24.3 Å². The van der Waals surface area contributed by atoms with Crippen LogP contribution in [0.15, 0.2) is 58.6 Å². The number of halogens is 1. The van der Waals surface area contributed by atoms with E-state index in [9.17, 15) is 9.18 Å². The quantitative estimate of drug-likeness (QED) is 0.591. The second kappa shape index (κ2) is 9.34. The van der Waals surface area contributed by atoms with Crippen LogP contribution < -0.4 is 10.1 Å². The van der Waals surface area contributed by atoms with Crippen molar-refractivity contribution >= 4 is 29.4 Å². The lowest BCUT2D eigenvalue weighted by Gasteiger charge is -2.32. The molecule has 1 N–H and O–H groups in total. The van der Waals surface area contributed by atoms with Crippen molar-refractivity contribution in [3.63, 3.8) is 0 Å². The van der Waals surface area contributed by atoms with Gasteiger partial charge in [0.15, 0.2) is 0 Å². The number of ether oxygens (including phenoxy) is 1. The molecule has 0 unspecified atom stereocenters. The molecule has 32 heavy (non-hydrogen) atoms. The van der Waals surface area contributed by atoms with Crippen molar-refractivity contribution in [1.29, 1.82) is 0 Å². The predicted molar refractivity (Wildman–Crippen MR) is 123 cm³/mol. The van der Waals surface area contributed by atoms with Gasteiger partial charge in [0, 0.05) is 13.1 Å². The number of aromatic nitrogens is 2. The molecule has 0 atom stereocenters. The van der Waals surface area contributed by atoms with E-state index in [2.05, 4.69) is 19.6 Å². The molecule has 2 aliphatic heterocycles. The third kappa shape index (κ3) is 4.66. The number of imidazole rings is 1. The number of thioether (sulfide) groups is 1. The van der Waals surface area contributed by atoms with Crippen LogP contribution in [0.2, 0.25) is 0 Å². The molecule has 166 valence electrons. The van der Waals surface area contributed by atoms with Gasteiger partial charge in [0.05, 0.1) is 21.8 Å². The minimum atomic E-state index is -0.256. The monoisotopic (exact) mass is 452 g/mol. The van der Waals surface area contributed by atoms with Crippen LogP contribution in [0.4, 0.5) is 4.39 Å². The van der Waals surface area contributed by atoms with Crippen LogP contribution in [0.5, 0.6) is 5.75 Å². The molecule has 2 aliphatic rings. The Hall–Kier alpha value is -2.84. The number of hydrogen-bond donors (Lipinski definition) is 1. The molecule has 0 bridgehead atoms. The Morgan fingerprint density at radius 3 is 2.81 bits per heavy atom. The maximum atomic E-state index is 12.9. The molecular weight excluding hydrogens is 427 g/mol. The molecule has 0 saturated carbocycles. The van der Waals surface area contributed by atoms with Crippen LogP contribution in [0, 0.1) is 11.7 Å². The number of carbonyl (C=O) groups excluding carboxylic acids is 1. The summed E-state index contributed by atoms with van der Waals surface area (Å²) in [6.45, 7) is 4.11. The minimum Gasteiger partial charge on any atom is -0.492 e. The van der Waals surface area contributed by atoms with Crippen molar-refractivity contribution in [2.45, 2.75) is 17.9 Å². The van der Waals surface area contributed by atoms with Gasteiger partial charge in [0.1, 0.15) is 23.8 Å². The van der Waals surface area contributed by atoms with E-state index >= 15 is 0 Å². The summed E-state index contributed by atoms with van der Waals surface area (Å²) >= 11 is 1.49. The number of benzene rings is 1. The van der Waals surface area contributed by atoms with Crippen LogP contribution in [-0.2, 0) is 4.79 Å². The van der Waals surface area contributed by atoms with Crippen LogP contribution in [0.3, 0.4) is 0 Å². The van der Waals surface area contributed by atoms with Gasteiger partial charge in [-0.05, 0) is 74.3 Å². The lowest BCUT2D eigenvalue weighted by Crippen LogP contribution is -2.40. The fourth-order valence-electron chi connectivity index (χ4n) is 4.16. The first kappa shape index (κ1) is 21.0. The number of piperidine rings is 1. The van der Waals surface area contributed by atoms with Gasteiger partial charge in [0.25, 0.3) is 5.91 Å². The summed E-state index contributed by atoms with van der Waals surface area (Å²) in [6, 6.07) is 12.1. The van der Waals surface area contributed by atoms with Gasteiger partial charge in [-0.15, -0.1) is 0 Å². The fraction of sp³-hybridized carbons (Fsp3) is 0.333. The molecule has 6 nitrogen and oxygen atoms in total. The maximum absolute atomic E-state index is 12.9. The molecule has 1 amide bonds. The van der Waals surface area contributed by atoms with Gasteiger partial charge in [-0.3, -0.25) is 14.1 Å². The molecule has 0 spiro atoms. The predicted octanol–water partition coefficient (Wildman–Crippen LogP) is 3.83. The van der Waals surface area contributed by atoms with Gasteiger partial charge >= 0.3 is 0 Å². The summed E-state index contributed by atoms with van der Waals surface area (Å²) in [4.78, 5) is 20.3. The van der Waals surface area contributed by atoms with Crippen molar-refractivity contribution in [3.8, 4) is 5.75 Å². The van der Waals surface area contributed by atoms with E-state index in [-0.39, 0.29) is 11.7 Å². The number of rotatable bonds is 7. The highest BCUT2D eigenvalue weighted by Gasteiger charge is 2.23. The number of pyridine rings is 1. The zero-order valence-corrected chi connectivity index (χ0v) is 18.5. The number of nitrogens with one attached hydrogen (secondary N) is 1. The normalized spacial score (nSPS) is 16.7. The smallest absolute Gasteiger partial charge is 0.258 e. The molecule has 1 fully saturated rings. The summed E-state index contributed by atoms with van der Waals surface area (Å²) in [7, 11) is 0. The van der Waals surface area contributed by atoms with E-state index < -0.39 is 0 Å². The lowest BCUT2D eigenvalue weighted by molar-refractivity contribution is -0.117. The number of likely N-dealkylation sites (tertiary alicyclic amines) is 1. The summed E-state index contributed by atoms with van der Waals surface area (Å²) in [5.41, 5.74) is 1.84. The Morgan fingerprint density at radius 1 is 1.19 bits per heavy atom. The molecule has 1 aromatic carbocycles. The Balaban J connectivity index is 1.05. The van der Waals surface area contributed by atoms with Gasteiger partial charge in [-0.25, -0.2) is 9.37 Å². The van der Waals surface area contributed by atoms with Crippen LogP contribution in [0.25, 0.3) is 11.7 Å². The summed E-state index contributed by atoms with van der Waals surface area (Å²) < 4.78 is 20.7. The first-order valence-electron chi connectivity index (χ1n) is 10.9. The third-order valence-electron chi connectivity index (χ3n) is 5.99. The van der Waals surface area contributed by atoms with Crippen molar-refractivity contribution < 1.29 is 13.9 Å². The average Bonchev–Trinajstić information content (AvgIpc) is 3.24.